The van der Waals surface area contributed by atoms with Crippen LogP contribution in [0.3, 0.4) is 0 Å². The maximum atomic E-state index is 12.0. The Morgan fingerprint density at radius 3 is 2.65 bits per heavy atom. The highest BCUT2D eigenvalue weighted by Crippen LogP contribution is 2.21. The molecule has 1 atom stereocenters. The molecule has 0 spiro atoms. The van der Waals surface area contributed by atoms with Crippen LogP contribution in [0.5, 0.6) is 0 Å². The van der Waals surface area contributed by atoms with E-state index in [0.717, 1.165) is 30.6 Å². The number of carbonyl (C=O) groups excluding carboxylic acids is 2. The quantitative estimate of drug-likeness (QED) is 0.800. The summed E-state index contributed by atoms with van der Waals surface area (Å²) in [5, 5.41) is 8.78. The fraction of sp³-hybridized carbons (Fsp3) is 0.429. The van der Waals surface area contributed by atoms with Gasteiger partial charge in [-0.3, -0.25) is 9.59 Å². The van der Waals surface area contributed by atoms with Crippen LogP contribution in [0.1, 0.15) is 25.3 Å². The molecular formula is C14H20ClN3O2. The van der Waals surface area contributed by atoms with Crippen molar-refractivity contribution in [3.8, 4) is 0 Å². The average molecular weight is 298 g/mol. The van der Waals surface area contributed by atoms with Crippen molar-refractivity contribution in [1.29, 1.82) is 0 Å². The number of anilines is 2. The monoisotopic (exact) mass is 297 g/mol. The molecule has 3 N–H and O–H groups in total. The number of halogens is 1. The molecule has 20 heavy (non-hydrogen) atoms. The van der Waals surface area contributed by atoms with Crippen molar-refractivity contribution in [2.24, 2.45) is 0 Å². The molecule has 0 aliphatic carbocycles. The van der Waals surface area contributed by atoms with Crippen molar-refractivity contribution >= 4 is 35.6 Å². The fourth-order valence-electron chi connectivity index (χ4n) is 2.16. The molecule has 5 nitrogen and oxygen atoms in total. The first-order chi connectivity index (χ1) is 9.06. The Balaban J connectivity index is 0.00000200. The van der Waals surface area contributed by atoms with Crippen LogP contribution < -0.4 is 16.0 Å². The van der Waals surface area contributed by atoms with Gasteiger partial charge in [0.25, 0.3) is 0 Å². The summed E-state index contributed by atoms with van der Waals surface area (Å²) in [5.74, 6) is -0.140. The summed E-state index contributed by atoms with van der Waals surface area (Å²) in [6.45, 7) is 4.27. The molecule has 1 fully saturated rings. The Morgan fingerprint density at radius 1 is 1.30 bits per heavy atom. The first kappa shape index (κ1) is 16.5. The molecule has 110 valence electrons. The number of nitrogens with one attached hydrogen (secondary N) is 3. The third-order valence-corrected chi connectivity index (χ3v) is 3.19. The van der Waals surface area contributed by atoms with Gasteiger partial charge in [0.05, 0.1) is 6.04 Å². The van der Waals surface area contributed by atoms with E-state index in [1.807, 2.05) is 19.1 Å². The van der Waals surface area contributed by atoms with E-state index in [1.54, 1.807) is 6.07 Å². The molecule has 2 rings (SSSR count). The van der Waals surface area contributed by atoms with Crippen LogP contribution >= 0.6 is 12.4 Å². The lowest BCUT2D eigenvalue weighted by Crippen LogP contribution is -2.35. The second kappa shape index (κ2) is 7.26. The van der Waals surface area contributed by atoms with E-state index in [1.165, 1.54) is 6.92 Å². The first-order valence-electron chi connectivity index (χ1n) is 6.49. The van der Waals surface area contributed by atoms with Crippen LogP contribution in [0.2, 0.25) is 0 Å². The molecule has 1 heterocycles. The number of benzene rings is 1. The Labute approximate surface area is 124 Å². The molecule has 1 aliphatic rings. The minimum absolute atomic E-state index is 0. The summed E-state index contributed by atoms with van der Waals surface area (Å²) in [5.41, 5.74) is 2.39. The maximum Gasteiger partial charge on any atom is 0.241 e. The summed E-state index contributed by atoms with van der Waals surface area (Å²) in [7, 11) is 0. The Hall–Kier alpha value is -1.59. The van der Waals surface area contributed by atoms with Gasteiger partial charge in [-0.1, -0.05) is 6.07 Å². The number of rotatable bonds is 3. The van der Waals surface area contributed by atoms with Crippen LogP contribution in [0.4, 0.5) is 11.4 Å². The van der Waals surface area contributed by atoms with Crippen LogP contribution in [-0.2, 0) is 9.59 Å². The highest BCUT2D eigenvalue weighted by Gasteiger charge is 2.21. The van der Waals surface area contributed by atoms with Crippen molar-refractivity contribution in [2.45, 2.75) is 32.7 Å². The summed E-state index contributed by atoms with van der Waals surface area (Å²) < 4.78 is 0. The summed E-state index contributed by atoms with van der Waals surface area (Å²) in [6, 6.07) is 5.39. The average Bonchev–Trinajstić information content (AvgIpc) is 2.86. The normalized spacial score (nSPS) is 17.2. The van der Waals surface area contributed by atoms with Gasteiger partial charge in [0.15, 0.2) is 0 Å². The highest BCUT2D eigenvalue weighted by atomic mass is 35.5. The second-order valence-corrected chi connectivity index (χ2v) is 4.85. The van der Waals surface area contributed by atoms with E-state index < -0.39 is 0 Å². The third-order valence-electron chi connectivity index (χ3n) is 3.19. The van der Waals surface area contributed by atoms with Crippen LogP contribution in [-0.4, -0.2) is 24.4 Å². The largest absolute Gasteiger partial charge is 0.326 e. The second-order valence-electron chi connectivity index (χ2n) is 4.85. The van der Waals surface area contributed by atoms with Gasteiger partial charge in [-0.15, -0.1) is 12.4 Å². The van der Waals surface area contributed by atoms with E-state index in [9.17, 15) is 9.59 Å². The van der Waals surface area contributed by atoms with Crippen molar-refractivity contribution in [1.82, 2.24) is 5.32 Å². The van der Waals surface area contributed by atoms with Gasteiger partial charge in [0, 0.05) is 18.3 Å². The molecule has 2 amide bonds. The smallest absolute Gasteiger partial charge is 0.241 e. The first-order valence-corrected chi connectivity index (χ1v) is 6.49. The van der Waals surface area contributed by atoms with Gasteiger partial charge in [-0.25, -0.2) is 0 Å². The zero-order chi connectivity index (χ0) is 13.8. The molecule has 0 saturated carbocycles. The Morgan fingerprint density at radius 2 is 2.05 bits per heavy atom. The minimum atomic E-state index is -0.121. The predicted molar refractivity (Wildman–Crippen MR) is 82.4 cm³/mol. The molecular weight excluding hydrogens is 278 g/mol. The number of carbonyl (C=O) groups is 2. The van der Waals surface area contributed by atoms with E-state index in [2.05, 4.69) is 16.0 Å². The zero-order valence-electron chi connectivity index (χ0n) is 11.7. The van der Waals surface area contributed by atoms with Gasteiger partial charge in [-0.05, 0) is 44.0 Å². The van der Waals surface area contributed by atoms with Gasteiger partial charge in [0.1, 0.15) is 0 Å². The minimum Gasteiger partial charge on any atom is -0.326 e. The predicted octanol–water partition coefficient (Wildman–Crippen LogP) is 2.07. The van der Waals surface area contributed by atoms with Gasteiger partial charge in [0.2, 0.25) is 11.8 Å². The van der Waals surface area contributed by atoms with E-state index in [0.29, 0.717) is 5.69 Å². The lowest BCUT2D eigenvalue weighted by Gasteiger charge is -2.13. The van der Waals surface area contributed by atoms with Crippen molar-refractivity contribution in [3.05, 3.63) is 23.8 Å². The van der Waals surface area contributed by atoms with E-state index in [4.69, 9.17) is 0 Å². The third kappa shape index (κ3) is 4.21. The van der Waals surface area contributed by atoms with Gasteiger partial charge >= 0.3 is 0 Å². The Bertz CT molecular complexity index is 499. The van der Waals surface area contributed by atoms with E-state index in [-0.39, 0.29) is 30.3 Å². The lowest BCUT2D eigenvalue weighted by molar-refractivity contribution is -0.117. The van der Waals surface area contributed by atoms with Gasteiger partial charge < -0.3 is 16.0 Å². The summed E-state index contributed by atoms with van der Waals surface area (Å²) in [4.78, 5) is 23.1. The summed E-state index contributed by atoms with van der Waals surface area (Å²) in [6.07, 6.45) is 1.90. The molecule has 1 aliphatic heterocycles. The van der Waals surface area contributed by atoms with Crippen molar-refractivity contribution < 1.29 is 9.59 Å². The number of amides is 2. The zero-order valence-corrected chi connectivity index (χ0v) is 12.5. The van der Waals surface area contributed by atoms with Crippen molar-refractivity contribution in [3.63, 3.8) is 0 Å². The van der Waals surface area contributed by atoms with Gasteiger partial charge in [-0.2, -0.15) is 0 Å². The molecule has 0 bridgehead atoms. The highest BCUT2D eigenvalue weighted by molar-refractivity contribution is 5.96. The van der Waals surface area contributed by atoms with E-state index >= 15 is 0 Å². The molecule has 0 aromatic heterocycles. The number of hydrogen-bond acceptors (Lipinski definition) is 3. The molecule has 1 aromatic carbocycles. The summed E-state index contributed by atoms with van der Waals surface area (Å²) >= 11 is 0. The lowest BCUT2D eigenvalue weighted by atomic mass is 10.1. The van der Waals surface area contributed by atoms with Crippen LogP contribution in [0, 0.1) is 6.92 Å². The Kier molecular flexibility index (Phi) is 5.98. The molecule has 1 saturated heterocycles. The van der Waals surface area contributed by atoms with Crippen molar-refractivity contribution in [2.75, 3.05) is 17.2 Å². The fourth-order valence-corrected chi connectivity index (χ4v) is 2.16. The molecule has 0 radical (unpaired) electrons. The van der Waals surface area contributed by atoms with Crippen LogP contribution in [0.25, 0.3) is 0 Å². The molecule has 1 aromatic rings. The number of hydrogen-bond donors (Lipinski definition) is 3. The van der Waals surface area contributed by atoms with Crippen LogP contribution in [0.15, 0.2) is 18.2 Å². The molecule has 1 unspecified atom stereocenters. The number of aryl methyl sites for hydroxylation is 1. The SMILES string of the molecule is CC(=O)Nc1cc(NC(=O)C2CCCN2)ccc1C.Cl. The maximum absolute atomic E-state index is 12.0. The topological polar surface area (TPSA) is 70.2 Å². The molecule has 6 heteroatoms. The standard InChI is InChI=1S/C14H19N3O2.ClH/c1-9-5-6-11(8-13(9)16-10(2)18)17-14(19)12-4-3-7-15-12;/h5-6,8,12,15H,3-4,7H2,1-2H3,(H,16,18)(H,17,19);1H.